The smallest absolute Gasteiger partial charge is 0.326 e. The molecule has 4 aromatic rings. The van der Waals surface area contributed by atoms with Gasteiger partial charge in [-0.15, -0.1) is 0 Å². The predicted octanol–water partition coefficient (Wildman–Crippen LogP) is 2.91. The molecule has 0 saturated heterocycles. The summed E-state index contributed by atoms with van der Waals surface area (Å²) in [5.74, 6) is 1.20. The number of rotatable bonds is 6. The number of aromatic amines is 1. The average molecular weight is 377 g/mol. The molecule has 2 aromatic heterocycles. The number of benzene rings is 2. The highest BCUT2D eigenvalue weighted by atomic mass is 16.5. The molecule has 0 saturated carbocycles. The van der Waals surface area contributed by atoms with Crippen LogP contribution in [0.15, 0.2) is 70.1 Å². The van der Waals surface area contributed by atoms with E-state index in [4.69, 9.17) is 9.15 Å². The lowest BCUT2D eigenvalue weighted by Crippen LogP contribution is -2.22. The molecule has 0 atom stereocenters. The number of furan rings is 1. The van der Waals surface area contributed by atoms with E-state index in [1.807, 2.05) is 24.3 Å². The molecule has 7 heteroatoms. The van der Waals surface area contributed by atoms with Crippen molar-refractivity contribution < 1.29 is 13.9 Å². The second-order valence-electron chi connectivity index (χ2n) is 6.36. The Morgan fingerprint density at radius 2 is 2.00 bits per heavy atom. The van der Waals surface area contributed by atoms with Crippen LogP contribution in [0.4, 0.5) is 0 Å². The minimum atomic E-state index is -0.234. The van der Waals surface area contributed by atoms with Crippen molar-refractivity contribution >= 4 is 16.9 Å². The van der Waals surface area contributed by atoms with E-state index >= 15 is 0 Å². The Morgan fingerprint density at radius 3 is 2.71 bits per heavy atom. The van der Waals surface area contributed by atoms with E-state index < -0.39 is 0 Å². The highest BCUT2D eigenvalue weighted by molar-refractivity contribution is 5.97. The SMILES string of the molecule is COc1ccc(Cn2c(=O)[nH]c3cc(C(=O)NCc4ccco4)ccc32)cc1. The third kappa shape index (κ3) is 3.55. The zero-order valence-corrected chi connectivity index (χ0v) is 15.3. The first-order chi connectivity index (χ1) is 13.6. The predicted molar refractivity (Wildman–Crippen MR) is 105 cm³/mol. The molecule has 0 aliphatic rings. The summed E-state index contributed by atoms with van der Waals surface area (Å²) in [5.41, 5.74) is 2.58. The number of ether oxygens (including phenoxy) is 1. The van der Waals surface area contributed by atoms with Crippen LogP contribution < -0.4 is 15.7 Å². The lowest BCUT2D eigenvalue weighted by Gasteiger charge is -2.06. The average Bonchev–Trinajstić information content (AvgIpc) is 3.34. The molecule has 4 rings (SSSR count). The number of H-pyrrole nitrogens is 1. The van der Waals surface area contributed by atoms with Crippen LogP contribution in [0.25, 0.3) is 11.0 Å². The molecule has 0 bridgehead atoms. The standard InChI is InChI=1S/C21H19N3O4/c1-27-16-7-4-14(5-8-16)13-24-19-9-6-15(11-18(19)23-21(24)26)20(25)22-12-17-3-2-10-28-17/h2-11H,12-13H2,1H3,(H,22,25)(H,23,26). The van der Waals surface area contributed by atoms with Gasteiger partial charge in [0.1, 0.15) is 11.5 Å². The molecule has 1 amide bonds. The van der Waals surface area contributed by atoms with Gasteiger partial charge in [-0.2, -0.15) is 0 Å². The van der Waals surface area contributed by atoms with Crippen molar-refractivity contribution in [3.8, 4) is 5.75 Å². The third-order valence-corrected chi connectivity index (χ3v) is 4.54. The Hall–Kier alpha value is -3.74. The first-order valence-corrected chi connectivity index (χ1v) is 8.80. The number of hydrogen-bond acceptors (Lipinski definition) is 4. The van der Waals surface area contributed by atoms with E-state index in [-0.39, 0.29) is 11.6 Å². The highest BCUT2D eigenvalue weighted by Crippen LogP contribution is 2.16. The van der Waals surface area contributed by atoms with Crippen LogP contribution in [0.1, 0.15) is 21.7 Å². The fraction of sp³-hybridized carbons (Fsp3) is 0.143. The largest absolute Gasteiger partial charge is 0.497 e. The van der Waals surface area contributed by atoms with Gasteiger partial charge in [-0.05, 0) is 48.0 Å². The Balaban J connectivity index is 1.55. The van der Waals surface area contributed by atoms with Gasteiger partial charge in [-0.25, -0.2) is 4.79 Å². The molecule has 0 unspecified atom stereocenters. The number of aromatic nitrogens is 2. The molecule has 2 heterocycles. The number of nitrogens with zero attached hydrogens (tertiary/aromatic N) is 1. The Bertz CT molecular complexity index is 1150. The van der Waals surface area contributed by atoms with Gasteiger partial charge in [0.05, 0.1) is 37.5 Å². The van der Waals surface area contributed by atoms with Crippen LogP contribution in [0.5, 0.6) is 5.75 Å². The zero-order valence-electron chi connectivity index (χ0n) is 15.3. The van der Waals surface area contributed by atoms with Gasteiger partial charge in [0.15, 0.2) is 0 Å². The number of amides is 1. The molecule has 2 N–H and O–H groups in total. The minimum absolute atomic E-state index is 0.223. The van der Waals surface area contributed by atoms with Gasteiger partial charge in [-0.1, -0.05) is 12.1 Å². The second-order valence-corrected chi connectivity index (χ2v) is 6.36. The normalized spacial score (nSPS) is 10.9. The van der Waals surface area contributed by atoms with Crippen molar-refractivity contribution in [2.24, 2.45) is 0 Å². The molecule has 0 aliphatic carbocycles. The van der Waals surface area contributed by atoms with Crippen LogP contribution in [0, 0.1) is 0 Å². The molecule has 0 aliphatic heterocycles. The van der Waals surface area contributed by atoms with E-state index in [1.165, 1.54) is 0 Å². The highest BCUT2D eigenvalue weighted by Gasteiger charge is 2.12. The fourth-order valence-corrected chi connectivity index (χ4v) is 3.06. The summed E-state index contributed by atoms with van der Waals surface area (Å²) in [7, 11) is 1.61. The van der Waals surface area contributed by atoms with Gasteiger partial charge in [0.2, 0.25) is 0 Å². The maximum atomic E-state index is 12.4. The zero-order chi connectivity index (χ0) is 19.5. The van der Waals surface area contributed by atoms with Gasteiger partial charge < -0.3 is 19.5 Å². The van der Waals surface area contributed by atoms with Gasteiger partial charge >= 0.3 is 5.69 Å². The van der Waals surface area contributed by atoms with Crippen molar-refractivity contribution in [1.82, 2.24) is 14.9 Å². The second kappa shape index (κ2) is 7.48. The maximum absolute atomic E-state index is 12.4. The third-order valence-electron chi connectivity index (χ3n) is 4.54. The van der Waals surface area contributed by atoms with E-state index in [1.54, 1.807) is 48.3 Å². The summed E-state index contributed by atoms with van der Waals surface area (Å²) in [6.45, 7) is 0.728. The van der Waals surface area contributed by atoms with E-state index in [2.05, 4.69) is 10.3 Å². The molecule has 0 fully saturated rings. The molecule has 0 radical (unpaired) electrons. The Labute approximate surface area is 160 Å². The van der Waals surface area contributed by atoms with Crippen LogP contribution in [-0.4, -0.2) is 22.6 Å². The van der Waals surface area contributed by atoms with Crippen molar-refractivity contribution in [1.29, 1.82) is 0 Å². The molecule has 7 nitrogen and oxygen atoms in total. The van der Waals surface area contributed by atoms with Crippen molar-refractivity contribution in [3.05, 3.63) is 88.2 Å². The van der Waals surface area contributed by atoms with E-state index in [0.717, 1.165) is 16.8 Å². The number of fused-ring (bicyclic) bond motifs is 1. The Kier molecular flexibility index (Phi) is 4.72. The van der Waals surface area contributed by atoms with Gasteiger partial charge in [-0.3, -0.25) is 9.36 Å². The Morgan fingerprint density at radius 1 is 1.18 bits per heavy atom. The first kappa shape index (κ1) is 17.7. The van der Waals surface area contributed by atoms with Crippen LogP contribution in [-0.2, 0) is 13.1 Å². The molecule has 142 valence electrons. The fourth-order valence-electron chi connectivity index (χ4n) is 3.06. The summed E-state index contributed by atoms with van der Waals surface area (Å²) in [4.78, 5) is 27.6. The molecule has 28 heavy (non-hydrogen) atoms. The van der Waals surface area contributed by atoms with Crippen LogP contribution in [0.3, 0.4) is 0 Å². The number of methoxy groups -OCH3 is 1. The van der Waals surface area contributed by atoms with Crippen LogP contribution >= 0.6 is 0 Å². The quantitative estimate of drug-likeness (QED) is 0.541. The summed E-state index contributed by atoms with van der Waals surface area (Å²) in [5, 5.41) is 2.79. The molecular weight excluding hydrogens is 358 g/mol. The summed E-state index contributed by atoms with van der Waals surface area (Å²) < 4.78 is 12.0. The first-order valence-electron chi connectivity index (χ1n) is 8.80. The van der Waals surface area contributed by atoms with Gasteiger partial charge in [0, 0.05) is 5.56 Å². The number of hydrogen-bond donors (Lipinski definition) is 2. The number of nitrogens with one attached hydrogen (secondary N) is 2. The summed E-state index contributed by atoms with van der Waals surface area (Å²) in [6, 6.07) is 16.3. The number of carbonyl (C=O) groups is 1. The number of imidazole rings is 1. The van der Waals surface area contributed by atoms with Crippen LogP contribution in [0.2, 0.25) is 0 Å². The van der Waals surface area contributed by atoms with E-state index in [9.17, 15) is 9.59 Å². The van der Waals surface area contributed by atoms with Crippen molar-refractivity contribution in [2.45, 2.75) is 13.1 Å². The van der Waals surface area contributed by atoms with E-state index in [0.29, 0.717) is 29.9 Å². The molecule has 0 spiro atoms. The van der Waals surface area contributed by atoms with Crippen molar-refractivity contribution in [2.75, 3.05) is 7.11 Å². The molecular formula is C21H19N3O4. The lowest BCUT2D eigenvalue weighted by atomic mass is 10.1. The van der Waals surface area contributed by atoms with Gasteiger partial charge in [0.25, 0.3) is 5.91 Å². The topological polar surface area (TPSA) is 89.3 Å². The summed E-state index contributed by atoms with van der Waals surface area (Å²) in [6.07, 6.45) is 1.56. The minimum Gasteiger partial charge on any atom is -0.497 e. The monoisotopic (exact) mass is 377 g/mol. The summed E-state index contributed by atoms with van der Waals surface area (Å²) >= 11 is 0. The number of carbonyl (C=O) groups excluding carboxylic acids is 1. The maximum Gasteiger partial charge on any atom is 0.326 e. The lowest BCUT2D eigenvalue weighted by molar-refractivity contribution is 0.0948. The van der Waals surface area contributed by atoms with Crippen molar-refractivity contribution in [3.63, 3.8) is 0 Å². The molecule has 2 aromatic carbocycles.